The molecule has 0 bridgehead atoms. The van der Waals surface area contributed by atoms with E-state index in [0.29, 0.717) is 11.3 Å². The van der Waals surface area contributed by atoms with Gasteiger partial charge in [-0.3, -0.25) is 10.1 Å². The first-order valence-electron chi connectivity index (χ1n) is 8.13. The minimum atomic E-state index is -0.560. The zero-order chi connectivity index (χ0) is 18.6. The van der Waals surface area contributed by atoms with E-state index in [9.17, 15) is 9.59 Å². The van der Waals surface area contributed by atoms with Crippen LogP contribution < -0.4 is 10.6 Å². The van der Waals surface area contributed by atoms with E-state index in [0.717, 1.165) is 16.8 Å². The Morgan fingerprint density at radius 3 is 2.16 bits per heavy atom. The number of rotatable bonds is 3. The van der Waals surface area contributed by atoms with E-state index in [1.54, 1.807) is 45.0 Å². The standard InChI is InChI=1S/C20H24N2O3/c1-13-7-6-8-17(14(13)2)22-18(23)15-9-11-16(12-10-15)21-19(24)25-20(3,4)5/h6-12H,1-5H3,(H,21,24)(H,22,23). The highest BCUT2D eigenvalue weighted by atomic mass is 16.6. The van der Waals surface area contributed by atoms with Crippen molar-refractivity contribution in [2.75, 3.05) is 10.6 Å². The number of anilines is 2. The second kappa shape index (κ2) is 7.38. The van der Waals surface area contributed by atoms with Crippen LogP contribution in [0, 0.1) is 13.8 Å². The van der Waals surface area contributed by atoms with E-state index in [1.165, 1.54) is 0 Å². The third-order valence-electron chi connectivity index (χ3n) is 3.65. The molecular formula is C20H24N2O3. The number of carbonyl (C=O) groups is 2. The SMILES string of the molecule is Cc1cccc(NC(=O)c2ccc(NC(=O)OC(C)(C)C)cc2)c1C. The van der Waals surface area contributed by atoms with Crippen LogP contribution >= 0.6 is 0 Å². The van der Waals surface area contributed by atoms with Gasteiger partial charge in [-0.05, 0) is 76.1 Å². The first-order valence-corrected chi connectivity index (χ1v) is 8.13. The Morgan fingerprint density at radius 1 is 0.920 bits per heavy atom. The highest BCUT2D eigenvalue weighted by molar-refractivity contribution is 6.05. The van der Waals surface area contributed by atoms with Crippen LogP contribution in [0.2, 0.25) is 0 Å². The van der Waals surface area contributed by atoms with E-state index < -0.39 is 11.7 Å². The molecule has 0 fully saturated rings. The lowest BCUT2D eigenvalue weighted by molar-refractivity contribution is 0.0636. The summed E-state index contributed by atoms with van der Waals surface area (Å²) in [4.78, 5) is 24.1. The molecule has 0 saturated carbocycles. The third kappa shape index (κ3) is 5.35. The predicted octanol–water partition coefficient (Wildman–Crippen LogP) is 4.90. The second-order valence-electron chi connectivity index (χ2n) is 6.91. The quantitative estimate of drug-likeness (QED) is 0.835. The average molecular weight is 340 g/mol. The minimum absolute atomic E-state index is 0.197. The number of hydrogen-bond acceptors (Lipinski definition) is 3. The van der Waals surface area contributed by atoms with Crippen LogP contribution in [0.5, 0.6) is 0 Å². The van der Waals surface area contributed by atoms with E-state index in [4.69, 9.17) is 4.74 Å². The zero-order valence-corrected chi connectivity index (χ0v) is 15.3. The lowest BCUT2D eigenvalue weighted by atomic mass is 10.1. The molecule has 0 unspecified atom stereocenters. The molecular weight excluding hydrogens is 316 g/mol. The lowest BCUT2D eigenvalue weighted by Crippen LogP contribution is -2.27. The molecule has 0 aliphatic carbocycles. The van der Waals surface area contributed by atoms with Gasteiger partial charge in [0.05, 0.1) is 0 Å². The van der Waals surface area contributed by atoms with Gasteiger partial charge in [0.15, 0.2) is 0 Å². The molecule has 0 radical (unpaired) electrons. The maximum atomic E-state index is 12.4. The smallest absolute Gasteiger partial charge is 0.412 e. The molecule has 0 aliphatic rings. The summed E-state index contributed by atoms with van der Waals surface area (Å²) in [5.41, 5.74) is 3.47. The zero-order valence-electron chi connectivity index (χ0n) is 15.3. The van der Waals surface area contributed by atoms with Crippen molar-refractivity contribution in [2.24, 2.45) is 0 Å². The number of aryl methyl sites for hydroxylation is 1. The van der Waals surface area contributed by atoms with Crippen molar-refractivity contribution in [3.8, 4) is 0 Å². The van der Waals surface area contributed by atoms with Crippen molar-refractivity contribution in [3.05, 3.63) is 59.2 Å². The van der Waals surface area contributed by atoms with Gasteiger partial charge in [0, 0.05) is 16.9 Å². The lowest BCUT2D eigenvalue weighted by Gasteiger charge is -2.19. The predicted molar refractivity (Wildman–Crippen MR) is 100 cm³/mol. The van der Waals surface area contributed by atoms with Crippen LogP contribution in [0.15, 0.2) is 42.5 Å². The van der Waals surface area contributed by atoms with E-state index in [1.807, 2.05) is 32.0 Å². The van der Waals surface area contributed by atoms with Crippen molar-refractivity contribution in [2.45, 2.75) is 40.2 Å². The summed E-state index contributed by atoms with van der Waals surface area (Å²) in [6.07, 6.45) is -0.528. The fraction of sp³-hybridized carbons (Fsp3) is 0.300. The van der Waals surface area contributed by atoms with Gasteiger partial charge in [0.1, 0.15) is 5.60 Å². The van der Waals surface area contributed by atoms with Gasteiger partial charge in [0.2, 0.25) is 0 Å². The minimum Gasteiger partial charge on any atom is -0.444 e. The van der Waals surface area contributed by atoms with Gasteiger partial charge in [-0.15, -0.1) is 0 Å². The maximum Gasteiger partial charge on any atom is 0.412 e. The number of amides is 2. The Morgan fingerprint density at radius 2 is 1.56 bits per heavy atom. The van der Waals surface area contributed by atoms with Crippen LogP contribution in [-0.2, 0) is 4.74 Å². The molecule has 2 aromatic rings. The fourth-order valence-electron chi connectivity index (χ4n) is 2.21. The monoisotopic (exact) mass is 340 g/mol. The van der Waals surface area contributed by atoms with Crippen LogP contribution in [0.1, 0.15) is 42.3 Å². The van der Waals surface area contributed by atoms with Gasteiger partial charge in [0.25, 0.3) is 5.91 Å². The van der Waals surface area contributed by atoms with Crippen molar-refractivity contribution in [1.29, 1.82) is 0 Å². The second-order valence-corrected chi connectivity index (χ2v) is 6.91. The molecule has 2 N–H and O–H groups in total. The summed E-state index contributed by atoms with van der Waals surface area (Å²) in [6.45, 7) is 9.37. The molecule has 0 aliphatic heterocycles. The summed E-state index contributed by atoms with van der Waals surface area (Å²) in [6, 6.07) is 12.4. The number of carbonyl (C=O) groups excluding carboxylic acids is 2. The largest absolute Gasteiger partial charge is 0.444 e. The Kier molecular flexibility index (Phi) is 5.47. The van der Waals surface area contributed by atoms with E-state index in [2.05, 4.69) is 10.6 Å². The molecule has 132 valence electrons. The summed E-state index contributed by atoms with van der Waals surface area (Å²) in [5, 5.41) is 5.55. The van der Waals surface area contributed by atoms with Crippen LogP contribution in [0.25, 0.3) is 0 Å². The van der Waals surface area contributed by atoms with Gasteiger partial charge in [-0.2, -0.15) is 0 Å². The van der Waals surface area contributed by atoms with Crippen LogP contribution in [-0.4, -0.2) is 17.6 Å². The molecule has 2 aromatic carbocycles. The topological polar surface area (TPSA) is 67.4 Å². The highest BCUT2D eigenvalue weighted by Crippen LogP contribution is 2.19. The van der Waals surface area contributed by atoms with Gasteiger partial charge in [-0.25, -0.2) is 4.79 Å². The molecule has 0 heterocycles. The normalized spacial score (nSPS) is 10.9. The van der Waals surface area contributed by atoms with Gasteiger partial charge < -0.3 is 10.1 Å². The molecule has 0 aromatic heterocycles. The van der Waals surface area contributed by atoms with Crippen LogP contribution in [0.3, 0.4) is 0 Å². The van der Waals surface area contributed by atoms with Gasteiger partial charge in [-0.1, -0.05) is 12.1 Å². The molecule has 2 rings (SSSR count). The first kappa shape index (κ1) is 18.5. The van der Waals surface area contributed by atoms with E-state index >= 15 is 0 Å². The summed E-state index contributed by atoms with van der Waals surface area (Å²) in [5.74, 6) is -0.197. The summed E-state index contributed by atoms with van der Waals surface area (Å²) >= 11 is 0. The van der Waals surface area contributed by atoms with Crippen molar-refractivity contribution in [3.63, 3.8) is 0 Å². The van der Waals surface area contributed by atoms with Gasteiger partial charge >= 0.3 is 6.09 Å². The maximum absolute atomic E-state index is 12.4. The summed E-state index contributed by atoms with van der Waals surface area (Å²) in [7, 11) is 0. The van der Waals surface area contributed by atoms with Crippen molar-refractivity contribution >= 4 is 23.4 Å². The van der Waals surface area contributed by atoms with E-state index in [-0.39, 0.29) is 5.91 Å². The average Bonchev–Trinajstić information content (AvgIpc) is 2.50. The van der Waals surface area contributed by atoms with Crippen molar-refractivity contribution in [1.82, 2.24) is 0 Å². The Hall–Kier alpha value is -2.82. The Labute approximate surface area is 148 Å². The molecule has 0 spiro atoms. The number of nitrogens with one attached hydrogen (secondary N) is 2. The molecule has 0 saturated heterocycles. The van der Waals surface area contributed by atoms with Crippen LogP contribution in [0.4, 0.5) is 16.2 Å². The molecule has 5 heteroatoms. The summed E-state index contributed by atoms with van der Waals surface area (Å²) < 4.78 is 5.19. The van der Waals surface area contributed by atoms with Crippen molar-refractivity contribution < 1.29 is 14.3 Å². The number of benzene rings is 2. The number of ether oxygens (including phenoxy) is 1. The molecule has 25 heavy (non-hydrogen) atoms. The molecule has 5 nitrogen and oxygen atoms in total. The molecule has 2 amide bonds. The highest BCUT2D eigenvalue weighted by Gasteiger charge is 2.16. The fourth-order valence-corrected chi connectivity index (χ4v) is 2.21. The first-order chi connectivity index (χ1) is 11.7. The third-order valence-corrected chi connectivity index (χ3v) is 3.65. The Balaban J connectivity index is 2.03. The number of hydrogen-bond donors (Lipinski definition) is 2. The Bertz CT molecular complexity index is 775. The molecule has 0 atom stereocenters.